The average Bonchev–Trinajstić information content (AvgIpc) is 2.30. The third-order valence-corrected chi connectivity index (χ3v) is 4.72. The Kier molecular flexibility index (Phi) is 5.08. The maximum atomic E-state index is 12.0. The van der Waals surface area contributed by atoms with Gasteiger partial charge in [0.2, 0.25) is 10.0 Å². The zero-order valence-corrected chi connectivity index (χ0v) is 12.4. The van der Waals surface area contributed by atoms with Gasteiger partial charge in [-0.05, 0) is 31.4 Å². The smallest absolute Gasteiger partial charge is 0.240 e. The van der Waals surface area contributed by atoms with Crippen LogP contribution in [0.3, 0.4) is 0 Å². The molecule has 1 atom stereocenters. The lowest BCUT2D eigenvalue weighted by atomic mass is 10.1. The molecule has 1 aromatic rings. The van der Waals surface area contributed by atoms with Crippen LogP contribution in [0.25, 0.3) is 0 Å². The molecule has 8 heteroatoms. The number of hydrogen-bond acceptors (Lipinski definition) is 6. The molecule has 108 valence electrons. The predicted octanol–water partition coefficient (Wildman–Crippen LogP) is 0.367. The quantitative estimate of drug-likeness (QED) is 0.446. The Hall–Kier alpha value is -0.960. The highest BCUT2D eigenvalue weighted by Gasteiger charge is 2.24. The van der Waals surface area contributed by atoms with E-state index in [1.807, 2.05) is 6.26 Å². The Morgan fingerprint density at radius 2 is 2.11 bits per heavy atom. The fourth-order valence-corrected chi connectivity index (χ4v) is 3.32. The van der Waals surface area contributed by atoms with Crippen molar-refractivity contribution in [3.8, 4) is 5.75 Å². The summed E-state index contributed by atoms with van der Waals surface area (Å²) in [5.74, 6) is 0.237. The number of hydrogen-bond donors (Lipinski definition) is 4. The molecule has 6 nitrogen and oxygen atoms in total. The van der Waals surface area contributed by atoms with E-state index in [-0.39, 0.29) is 22.9 Å². The molecule has 0 saturated carbocycles. The Labute approximate surface area is 117 Å². The van der Waals surface area contributed by atoms with E-state index in [1.54, 1.807) is 6.92 Å². The molecule has 0 fully saturated rings. The molecule has 0 saturated heterocycles. The number of nitrogen functional groups attached to an aromatic ring is 1. The van der Waals surface area contributed by atoms with Crippen molar-refractivity contribution in [2.45, 2.75) is 17.4 Å². The number of thioether (sulfide) groups is 1. The Morgan fingerprint density at radius 3 is 2.63 bits per heavy atom. The van der Waals surface area contributed by atoms with Crippen molar-refractivity contribution in [2.24, 2.45) is 0 Å². The molecule has 1 aromatic carbocycles. The minimum atomic E-state index is -3.76. The number of aliphatic hydroxyl groups is 1. The highest BCUT2D eigenvalue weighted by atomic mass is 32.2. The maximum Gasteiger partial charge on any atom is 0.240 e. The van der Waals surface area contributed by atoms with Gasteiger partial charge in [-0.2, -0.15) is 11.8 Å². The molecule has 1 rings (SSSR count). The summed E-state index contributed by atoms with van der Waals surface area (Å²) in [5, 5.41) is 19.2. The fourth-order valence-electron chi connectivity index (χ4n) is 1.40. The van der Waals surface area contributed by atoms with E-state index >= 15 is 0 Å². The van der Waals surface area contributed by atoms with Gasteiger partial charge in [-0.25, -0.2) is 13.1 Å². The average molecular weight is 306 g/mol. The summed E-state index contributed by atoms with van der Waals surface area (Å²) >= 11 is 1.42. The molecule has 0 aromatic heterocycles. The molecule has 0 heterocycles. The van der Waals surface area contributed by atoms with Crippen molar-refractivity contribution in [1.29, 1.82) is 0 Å². The van der Waals surface area contributed by atoms with Crippen molar-refractivity contribution in [3.63, 3.8) is 0 Å². The number of nitrogens with two attached hydrogens (primary N) is 1. The van der Waals surface area contributed by atoms with E-state index in [1.165, 1.54) is 30.0 Å². The van der Waals surface area contributed by atoms with Gasteiger partial charge >= 0.3 is 0 Å². The van der Waals surface area contributed by atoms with Crippen molar-refractivity contribution in [3.05, 3.63) is 18.2 Å². The van der Waals surface area contributed by atoms with Crippen LogP contribution in [-0.2, 0) is 10.0 Å². The molecule has 0 aliphatic heterocycles. The lowest BCUT2D eigenvalue weighted by molar-refractivity contribution is 0.0908. The van der Waals surface area contributed by atoms with Gasteiger partial charge in [-0.3, -0.25) is 0 Å². The molecule has 0 radical (unpaired) electrons. The second-order valence-electron chi connectivity index (χ2n) is 4.48. The summed E-state index contributed by atoms with van der Waals surface area (Å²) in [6, 6.07) is 3.63. The van der Waals surface area contributed by atoms with E-state index in [2.05, 4.69) is 4.72 Å². The second kappa shape index (κ2) is 6.00. The van der Waals surface area contributed by atoms with E-state index < -0.39 is 15.6 Å². The topological polar surface area (TPSA) is 113 Å². The van der Waals surface area contributed by atoms with Crippen LogP contribution in [0.2, 0.25) is 0 Å². The van der Waals surface area contributed by atoms with Gasteiger partial charge in [0.1, 0.15) is 5.75 Å². The first-order chi connectivity index (χ1) is 8.68. The summed E-state index contributed by atoms with van der Waals surface area (Å²) in [6.45, 7) is 1.45. The molecular weight excluding hydrogens is 288 g/mol. The third kappa shape index (κ3) is 4.57. The summed E-state index contributed by atoms with van der Waals surface area (Å²) in [4.78, 5) is -0.0530. The van der Waals surface area contributed by atoms with Gasteiger partial charge in [0.25, 0.3) is 0 Å². The number of rotatable bonds is 6. The van der Waals surface area contributed by atoms with E-state index in [9.17, 15) is 18.6 Å². The van der Waals surface area contributed by atoms with Crippen LogP contribution in [-0.4, -0.2) is 42.8 Å². The minimum Gasteiger partial charge on any atom is -0.506 e. The Morgan fingerprint density at radius 1 is 1.47 bits per heavy atom. The first-order valence-electron chi connectivity index (χ1n) is 5.47. The van der Waals surface area contributed by atoms with Crippen LogP contribution < -0.4 is 10.5 Å². The van der Waals surface area contributed by atoms with E-state index in [4.69, 9.17) is 5.73 Å². The number of phenols is 1. The highest BCUT2D eigenvalue weighted by molar-refractivity contribution is 7.98. The molecule has 0 bridgehead atoms. The SMILES string of the molecule is CSCC(C)(O)CNS(=O)(=O)c1ccc(O)c(N)c1. The normalized spacial score (nSPS) is 15.1. The molecule has 5 N–H and O–H groups in total. The summed E-state index contributed by atoms with van der Waals surface area (Å²) < 4.78 is 26.3. The number of phenolic OH excluding ortho intramolecular Hbond substituents is 1. The fraction of sp³-hybridized carbons (Fsp3) is 0.455. The van der Waals surface area contributed by atoms with Crippen LogP contribution in [0.4, 0.5) is 5.69 Å². The largest absolute Gasteiger partial charge is 0.506 e. The predicted molar refractivity (Wildman–Crippen MR) is 76.7 cm³/mol. The van der Waals surface area contributed by atoms with Crippen molar-refractivity contribution in [2.75, 3.05) is 24.3 Å². The number of anilines is 1. The van der Waals surface area contributed by atoms with Gasteiger partial charge in [-0.15, -0.1) is 0 Å². The first-order valence-corrected chi connectivity index (χ1v) is 8.35. The van der Waals surface area contributed by atoms with Crippen molar-refractivity contribution >= 4 is 27.5 Å². The third-order valence-electron chi connectivity index (χ3n) is 2.41. The van der Waals surface area contributed by atoms with E-state index in [0.29, 0.717) is 5.75 Å². The highest BCUT2D eigenvalue weighted by Crippen LogP contribution is 2.23. The van der Waals surface area contributed by atoms with Gasteiger partial charge in [0.15, 0.2) is 0 Å². The molecule has 1 unspecified atom stereocenters. The monoisotopic (exact) mass is 306 g/mol. The molecule has 0 aliphatic rings. The van der Waals surface area contributed by atoms with Crippen LogP contribution in [0.1, 0.15) is 6.92 Å². The Bertz CT molecular complexity index is 544. The van der Waals surface area contributed by atoms with Crippen LogP contribution in [0, 0.1) is 0 Å². The van der Waals surface area contributed by atoms with E-state index in [0.717, 1.165) is 0 Å². The lowest BCUT2D eigenvalue weighted by Gasteiger charge is -2.22. The van der Waals surface area contributed by atoms with Gasteiger partial charge in [-0.1, -0.05) is 0 Å². The lowest BCUT2D eigenvalue weighted by Crippen LogP contribution is -2.42. The first kappa shape index (κ1) is 16.1. The number of aromatic hydroxyl groups is 1. The summed E-state index contributed by atoms with van der Waals surface area (Å²) in [5.41, 5.74) is 4.31. The van der Waals surface area contributed by atoms with Crippen LogP contribution in [0.15, 0.2) is 23.1 Å². The maximum absolute atomic E-state index is 12.0. The van der Waals surface area contributed by atoms with Crippen molar-refractivity contribution in [1.82, 2.24) is 4.72 Å². The van der Waals surface area contributed by atoms with Gasteiger partial charge < -0.3 is 15.9 Å². The number of sulfonamides is 1. The van der Waals surface area contributed by atoms with Gasteiger partial charge in [0, 0.05) is 12.3 Å². The number of benzene rings is 1. The van der Waals surface area contributed by atoms with Crippen molar-refractivity contribution < 1.29 is 18.6 Å². The summed E-state index contributed by atoms with van der Waals surface area (Å²) in [6.07, 6.45) is 1.82. The second-order valence-corrected chi connectivity index (χ2v) is 7.11. The zero-order valence-electron chi connectivity index (χ0n) is 10.8. The zero-order chi connectivity index (χ0) is 14.7. The minimum absolute atomic E-state index is 0.0150. The summed E-state index contributed by atoms with van der Waals surface area (Å²) in [7, 11) is -3.76. The van der Waals surface area contributed by atoms with Crippen LogP contribution >= 0.6 is 11.8 Å². The van der Waals surface area contributed by atoms with Crippen LogP contribution in [0.5, 0.6) is 5.75 Å². The number of nitrogens with one attached hydrogen (secondary N) is 1. The van der Waals surface area contributed by atoms with Gasteiger partial charge in [0.05, 0.1) is 16.2 Å². The standard InChI is InChI=1S/C11H18N2O4S2/c1-11(15,7-18-2)6-13-19(16,17)8-3-4-10(14)9(12)5-8/h3-5,13-15H,6-7,12H2,1-2H3. The molecular formula is C11H18N2O4S2. The molecule has 0 amide bonds. The Balaban J connectivity index is 2.84. The molecule has 0 aliphatic carbocycles. The molecule has 0 spiro atoms. The molecule has 19 heavy (non-hydrogen) atoms.